The summed E-state index contributed by atoms with van der Waals surface area (Å²) in [5.41, 5.74) is 0.642. The molecule has 0 heterocycles. The second-order valence-corrected chi connectivity index (χ2v) is 8.87. The quantitative estimate of drug-likeness (QED) is 0.462. The Balaban J connectivity index is 1.92. The molecule has 0 aromatic heterocycles. The van der Waals surface area contributed by atoms with E-state index in [1.807, 2.05) is 6.92 Å². The number of nitrogens with one attached hydrogen (secondary N) is 1. The highest BCUT2D eigenvalue weighted by Gasteiger charge is 2.27. The molecular formula is C24H25FN2O6S. The standard InChI is InChI=1S/C24H25FN2O6S/c1-4-33-20-10-8-19(9-11-20)27(34(29,30)21-12-5-17(25)6-13-21)16-24(28)26-18-7-14-22(31-2)23(15-18)32-3/h5-15H,4,16H2,1-3H3,(H,26,28). The zero-order valence-electron chi connectivity index (χ0n) is 18.9. The first kappa shape index (κ1) is 24.8. The summed E-state index contributed by atoms with van der Waals surface area (Å²) in [6.45, 7) is 1.75. The van der Waals surface area contributed by atoms with Crippen molar-refractivity contribution in [2.75, 3.05) is 37.0 Å². The topological polar surface area (TPSA) is 94.2 Å². The number of sulfonamides is 1. The average molecular weight is 489 g/mol. The van der Waals surface area contributed by atoms with Gasteiger partial charge < -0.3 is 19.5 Å². The predicted molar refractivity (Wildman–Crippen MR) is 127 cm³/mol. The van der Waals surface area contributed by atoms with Crippen LogP contribution in [0.4, 0.5) is 15.8 Å². The van der Waals surface area contributed by atoms with Gasteiger partial charge in [-0.1, -0.05) is 0 Å². The summed E-state index contributed by atoms with van der Waals surface area (Å²) in [5, 5.41) is 2.67. The molecule has 0 saturated heterocycles. The molecular weight excluding hydrogens is 463 g/mol. The number of halogens is 1. The lowest BCUT2D eigenvalue weighted by atomic mass is 10.2. The average Bonchev–Trinajstić information content (AvgIpc) is 2.83. The second-order valence-electron chi connectivity index (χ2n) is 7.01. The summed E-state index contributed by atoms with van der Waals surface area (Å²) in [6.07, 6.45) is 0. The number of hydrogen-bond acceptors (Lipinski definition) is 6. The molecule has 0 radical (unpaired) electrons. The number of hydrogen-bond donors (Lipinski definition) is 1. The van der Waals surface area contributed by atoms with Gasteiger partial charge in [-0.3, -0.25) is 9.10 Å². The van der Waals surface area contributed by atoms with Gasteiger partial charge in [-0.25, -0.2) is 12.8 Å². The van der Waals surface area contributed by atoms with Crippen LogP contribution in [0.3, 0.4) is 0 Å². The molecule has 34 heavy (non-hydrogen) atoms. The molecule has 1 N–H and O–H groups in total. The molecule has 0 aliphatic carbocycles. The van der Waals surface area contributed by atoms with Crippen LogP contribution >= 0.6 is 0 Å². The van der Waals surface area contributed by atoms with Crippen molar-refractivity contribution < 1.29 is 31.8 Å². The van der Waals surface area contributed by atoms with E-state index in [0.717, 1.165) is 28.6 Å². The first-order chi connectivity index (χ1) is 16.3. The number of anilines is 2. The SMILES string of the molecule is CCOc1ccc(N(CC(=O)Nc2ccc(OC)c(OC)c2)S(=O)(=O)c2ccc(F)cc2)cc1. The van der Waals surface area contributed by atoms with E-state index in [9.17, 15) is 17.6 Å². The zero-order chi connectivity index (χ0) is 24.7. The molecule has 0 aliphatic rings. The summed E-state index contributed by atoms with van der Waals surface area (Å²) >= 11 is 0. The molecule has 0 saturated carbocycles. The molecule has 180 valence electrons. The van der Waals surface area contributed by atoms with Gasteiger partial charge in [-0.05, 0) is 67.6 Å². The maximum absolute atomic E-state index is 13.4. The lowest BCUT2D eigenvalue weighted by Crippen LogP contribution is -2.38. The van der Waals surface area contributed by atoms with E-state index in [1.165, 1.54) is 26.4 Å². The summed E-state index contributed by atoms with van der Waals surface area (Å²) < 4.78 is 56.9. The van der Waals surface area contributed by atoms with Crippen LogP contribution in [-0.2, 0) is 14.8 Å². The molecule has 0 atom stereocenters. The van der Waals surface area contributed by atoms with Crippen LogP contribution in [0.1, 0.15) is 6.92 Å². The van der Waals surface area contributed by atoms with E-state index in [2.05, 4.69) is 5.32 Å². The first-order valence-corrected chi connectivity index (χ1v) is 11.8. The molecule has 8 nitrogen and oxygen atoms in total. The van der Waals surface area contributed by atoms with Gasteiger partial charge in [0.15, 0.2) is 11.5 Å². The van der Waals surface area contributed by atoms with E-state index in [0.29, 0.717) is 29.5 Å². The minimum Gasteiger partial charge on any atom is -0.494 e. The molecule has 0 fully saturated rings. The maximum atomic E-state index is 13.4. The number of rotatable bonds is 10. The van der Waals surface area contributed by atoms with Gasteiger partial charge in [-0.15, -0.1) is 0 Å². The van der Waals surface area contributed by atoms with Crippen LogP contribution < -0.4 is 23.8 Å². The van der Waals surface area contributed by atoms with Gasteiger partial charge >= 0.3 is 0 Å². The highest BCUT2D eigenvalue weighted by molar-refractivity contribution is 7.92. The Kier molecular flexibility index (Phi) is 7.95. The number of carbonyl (C=O) groups excluding carboxylic acids is 1. The molecule has 0 aliphatic heterocycles. The van der Waals surface area contributed by atoms with Gasteiger partial charge in [0.25, 0.3) is 10.0 Å². The monoisotopic (exact) mass is 488 g/mol. The van der Waals surface area contributed by atoms with E-state index < -0.39 is 28.3 Å². The van der Waals surface area contributed by atoms with Crippen LogP contribution in [0.2, 0.25) is 0 Å². The van der Waals surface area contributed by atoms with Gasteiger partial charge in [-0.2, -0.15) is 0 Å². The number of carbonyl (C=O) groups is 1. The van der Waals surface area contributed by atoms with Crippen molar-refractivity contribution in [1.82, 2.24) is 0 Å². The van der Waals surface area contributed by atoms with Crippen molar-refractivity contribution >= 4 is 27.3 Å². The van der Waals surface area contributed by atoms with Crippen molar-refractivity contribution in [3.05, 3.63) is 72.5 Å². The second kappa shape index (κ2) is 10.9. The zero-order valence-corrected chi connectivity index (χ0v) is 19.8. The molecule has 1 amide bonds. The minimum absolute atomic E-state index is 0.151. The number of ether oxygens (including phenoxy) is 3. The van der Waals surface area contributed by atoms with Crippen molar-refractivity contribution in [3.8, 4) is 17.2 Å². The summed E-state index contributed by atoms with van der Waals surface area (Å²) in [6, 6.07) is 15.5. The predicted octanol–water partition coefficient (Wildman–Crippen LogP) is 4.08. The molecule has 3 rings (SSSR count). The molecule has 10 heteroatoms. The fraction of sp³-hybridized carbons (Fsp3) is 0.208. The Labute approximate surface area is 197 Å². The van der Waals surface area contributed by atoms with Gasteiger partial charge in [0.2, 0.25) is 5.91 Å². The van der Waals surface area contributed by atoms with Crippen LogP contribution in [0.5, 0.6) is 17.2 Å². The largest absolute Gasteiger partial charge is 0.494 e. The third kappa shape index (κ3) is 5.76. The third-order valence-electron chi connectivity index (χ3n) is 4.79. The number of benzene rings is 3. The first-order valence-electron chi connectivity index (χ1n) is 10.3. The smallest absolute Gasteiger partial charge is 0.264 e. The Bertz CT molecular complexity index is 1230. The molecule has 0 spiro atoms. The molecule has 3 aromatic carbocycles. The Hall–Kier alpha value is -3.79. The minimum atomic E-state index is -4.19. The van der Waals surface area contributed by atoms with Crippen molar-refractivity contribution in [2.45, 2.75) is 11.8 Å². The molecule has 0 bridgehead atoms. The highest BCUT2D eigenvalue weighted by atomic mass is 32.2. The summed E-state index contributed by atoms with van der Waals surface area (Å²) in [4.78, 5) is 12.7. The van der Waals surface area contributed by atoms with Crippen LogP contribution in [0.25, 0.3) is 0 Å². The Morgan fingerprint density at radius 1 is 0.941 bits per heavy atom. The van der Waals surface area contributed by atoms with Gasteiger partial charge in [0.05, 0.1) is 31.4 Å². The molecule has 3 aromatic rings. The van der Waals surface area contributed by atoms with Crippen LogP contribution in [0.15, 0.2) is 71.6 Å². The fourth-order valence-electron chi connectivity index (χ4n) is 3.17. The van der Waals surface area contributed by atoms with Gasteiger partial charge in [0, 0.05) is 11.8 Å². The third-order valence-corrected chi connectivity index (χ3v) is 6.58. The summed E-state index contributed by atoms with van der Waals surface area (Å²) in [5.74, 6) is 0.280. The van der Waals surface area contributed by atoms with Crippen molar-refractivity contribution in [3.63, 3.8) is 0 Å². The van der Waals surface area contributed by atoms with Crippen molar-refractivity contribution in [1.29, 1.82) is 0 Å². The van der Waals surface area contributed by atoms with E-state index >= 15 is 0 Å². The Morgan fingerprint density at radius 2 is 1.59 bits per heavy atom. The summed E-state index contributed by atoms with van der Waals surface area (Å²) in [7, 11) is -1.23. The molecule has 0 unspecified atom stereocenters. The van der Waals surface area contributed by atoms with E-state index in [1.54, 1.807) is 30.3 Å². The number of nitrogens with zero attached hydrogens (tertiary/aromatic N) is 1. The number of amides is 1. The van der Waals surface area contributed by atoms with Crippen LogP contribution in [0, 0.1) is 5.82 Å². The Morgan fingerprint density at radius 3 is 2.18 bits per heavy atom. The lowest BCUT2D eigenvalue weighted by molar-refractivity contribution is -0.114. The van der Waals surface area contributed by atoms with E-state index in [4.69, 9.17) is 14.2 Å². The normalized spacial score (nSPS) is 10.9. The maximum Gasteiger partial charge on any atom is 0.264 e. The van der Waals surface area contributed by atoms with Gasteiger partial charge in [0.1, 0.15) is 18.1 Å². The highest BCUT2D eigenvalue weighted by Crippen LogP contribution is 2.30. The fourth-order valence-corrected chi connectivity index (χ4v) is 4.59. The van der Waals surface area contributed by atoms with E-state index in [-0.39, 0.29) is 10.6 Å². The lowest BCUT2D eigenvalue weighted by Gasteiger charge is -2.24. The van der Waals surface area contributed by atoms with Crippen LogP contribution in [-0.4, -0.2) is 41.7 Å². The number of methoxy groups -OCH3 is 2. The van der Waals surface area contributed by atoms with Crippen molar-refractivity contribution in [2.24, 2.45) is 0 Å².